The second-order valence-electron chi connectivity index (χ2n) is 6.43. The Hall–Kier alpha value is -1.02. The van der Waals surface area contributed by atoms with Crippen LogP contribution < -0.4 is 10.1 Å². The summed E-state index contributed by atoms with van der Waals surface area (Å²) < 4.78 is 6.50. The van der Waals surface area contributed by atoms with Crippen LogP contribution in [0.3, 0.4) is 0 Å². The van der Waals surface area contributed by atoms with Crippen molar-refractivity contribution in [3.63, 3.8) is 0 Å². The van der Waals surface area contributed by atoms with Crippen LogP contribution in [-0.4, -0.2) is 12.6 Å². The minimum Gasteiger partial charge on any atom is -0.490 e. The van der Waals surface area contributed by atoms with Crippen molar-refractivity contribution in [3.8, 4) is 5.75 Å². The molecule has 2 heteroatoms. The topological polar surface area (TPSA) is 21.3 Å². The fourth-order valence-electron chi connectivity index (χ4n) is 3.48. The van der Waals surface area contributed by atoms with Gasteiger partial charge in [0.1, 0.15) is 11.9 Å². The molecule has 1 aromatic carbocycles. The maximum atomic E-state index is 6.50. The summed E-state index contributed by atoms with van der Waals surface area (Å²) in [6.07, 6.45) is 6.84. The van der Waals surface area contributed by atoms with Crippen molar-refractivity contribution in [2.75, 3.05) is 6.54 Å². The lowest BCUT2D eigenvalue weighted by Gasteiger charge is -2.32. The van der Waals surface area contributed by atoms with Crippen molar-refractivity contribution in [2.24, 2.45) is 5.92 Å². The number of benzene rings is 1. The molecule has 0 saturated heterocycles. The monoisotopic (exact) mass is 289 g/mol. The quantitative estimate of drug-likeness (QED) is 0.794. The summed E-state index contributed by atoms with van der Waals surface area (Å²) in [5.41, 5.74) is 2.57. The van der Waals surface area contributed by atoms with E-state index in [0.29, 0.717) is 12.1 Å². The number of hydrogen-bond donors (Lipinski definition) is 1. The Morgan fingerprint density at radius 3 is 2.71 bits per heavy atom. The molecule has 3 atom stereocenters. The Labute approximate surface area is 130 Å². The predicted molar refractivity (Wildman–Crippen MR) is 89.9 cm³/mol. The first-order chi connectivity index (χ1) is 10.2. The molecular weight excluding hydrogens is 258 g/mol. The van der Waals surface area contributed by atoms with Crippen LogP contribution >= 0.6 is 0 Å². The van der Waals surface area contributed by atoms with E-state index in [-0.39, 0.29) is 0 Å². The van der Waals surface area contributed by atoms with Crippen molar-refractivity contribution >= 4 is 0 Å². The Balaban J connectivity index is 2.19. The van der Waals surface area contributed by atoms with Crippen LogP contribution in [0.2, 0.25) is 0 Å². The van der Waals surface area contributed by atoms with Gasteiger partial charge in [0.05, 0.1) is 0 Å². The zero-order chi connectivity index (χ0) is 15.2. The van der Waals surface area contributed by atoms with Gasteiger partial charge in [0, 0.05) is 11.6 Å². The summed E-state index contributed by atoms with van der Waals surface area (Å²) in [5, 5.41) is 3.50. The Bertz CT molecular complexity index is 443. The average molecular weight is 289 g/mol. The summed E-state index contributed by atoms with van der Waals surface area (Å²) in [5.74, 6) is 1.82. The van der Waals surface area contributed by atoms with Crippen LogP contribution in [-0.2, 0) is 0 Å². The van der Waals surface area contributed by atoms with E-state index in [1.165, 1.54) is 43.2 Å². The molecule has 1 aliphatic carbocycles. The molecule has 3 unspecified atom stereocenters. The summed E-state index contributed by atoms with van der Waals surface area (Å²) in [7, 11) is 0. The van der Waals surface area contributed by atoms with Gasteiger partial charge in [0.15, 0.2) is 0 Å². The molecule has 1 fully saturated rings. The van der Waals surface area contributed by atoms with Crippen LogP contribution in [0.15, 0.2) is 18.2 Å². The molecule has 1 saturated carbocycles. The summed E-state index contributed by atoms with van der Waals surface area (Å²) >= 11 is 0. The van der Waals surface area contributed by atoms with Gasteiger partial charge in [-0.2, -0.15) is 0 Å². The van der Waals surface area contributed by atoms with Crippen LogP contribution in [0, 0.1) is 12.8 Å². The van der Waals surface area contributed by atoms with Crippen LogP contribution in [0.1, 0.15) is 70.0 Å². The van der Waals surface area contributed by atoms with E-state index in [1.54, 1.807) is 0 Å². The number of ether oxygens (including phenoxy) is 1. The predicted octanol–water partition coefficient (Wildman–Crippen LogP) is 5.01. The van der Waals surface area contributed by atoms with Crippen LogP contribution in [0.5, 0.6) is 5.75 Å². The molecule has 0 aromatic heterocycles. The lowest BCUT2D eigenvalue weighted by Crippen LogP contribution is -2.30. The second-order valence-corrected chi connectivity index (χ2v) is 6.43. The lowest BCUT2D eigenvalue weighted by molar-refractivity contribution is 0.0888. The van der Waals surface area contributed by atoms with Crippen molar-refractivity contribution in [1.82, 2.24) is 5.32 Å². The third-order valence-corrected chi connectivity index (χ3v) is 4.79. The molecule has 2 rings (SSSR count). The van der Waals surface area contributed by atoms with Gasteiger partial charge in [-0.3, -0.25) is 0 Å². The second kappa shape index (κ2) is 7.84. The third kappa shape index (κ3) is 4.23. The van der Waals surface area contributed by atoms with E-state index in [2.05, 4.69) is 51.2 Å². The molecule has 0 bridgehead atoms. The SMILES string of the molecule is CCNC(C)c1ccc(C)cc1OC1CCCCC1CC. The zero-order valence-electron chi connectivity index (χ0n) is 14.1. The standard InChI is InChI=1S/C19H31NO/c1-5-16-9-7-8-10-18(16)21-19-13-14(3)11-12-17(19)15(4)20-6-2/h11-13,15-16,18,20H,5-10H2,1-4H3. The molecule has 0 heterocycles. The van der Waals surface area contributed by atoms with Crippen LogP contribution in [0.4, 0.5) is 0 Å². The first kappa shape index (κ1) is 16.4. The van der Waals surface area contributed by atoms with Gasteiger partial charge in [-0.15, -0.1) is 0 Å². The highest BCUT2D eigenvalue weighted by Gasteiger charge is 2.26. The molecule has 1 aliphatic rings. The van der Waals surface area contributed by atoms with E-state index in [9.17, 15) is 0 Å². The molecule has 118 valence electrons. The summed E-state index contributed by atoms with van der Waals surface area (Å²) in [4.78, 5) is 0. The highest BCUT2D eigenvalue weighted by molar-refractivity contribution is 5.39. The minimum atomic E-state index is 0.342. The highest BCUT2D eigenvalue weighted by atomic mass is 16.5. The molecule has 2 nitrogen and oxygen atoms in total. The van der Waals surface area contributed by atoms with Gasteiger partial charge in [0.2, 0.25) is 0 Å². The van der Waals surface area contributed by atoms with Crippen molar-refractivity contribution in [2.45, 2.75) is 71.9 Å². The molecule has 1 N–H and O–H groups in total. The smallest absolute Gasteiger partial charge is 0.124 e. The zero-order valence-corrected chi connectivity index (χ0v) is 14.1. The van der Waals surface area contributed by atoms with Gasteiger partial charge >= 0.3 is 0 Å². The number of aryl methyl sites for hydroxylation is 1. The van der Waals surface area contributed by atoms with Gasteiger partial charge in [-0.1, -0.05) is 32.4 Å². The Kier molecular flexibility index (Phi) is 6.10. The van der Waals surface area contributed by atoms with Crippen molar-refractivity contribution in [1.29, 1.82) is 0 Å². The van der Waals surface area contributed by atoms with E-state index in [0.717, 1.165) is 18.2 Å². The molecule has 0 amide bonds. The largest absolute Gasteiger partial charge is 0.490 e. The van der Waals surface area contributed by atoms with E-state index in [1.807, 2.05) is 0 Å². The maximum Gasteiger partial charge on any atom is 0.124 e. The molecule has 0 spiro atoms. The van der Waals surface area contributed by atoms with Gasteiger partial charge in [-0.05, 0) is 63.6 Å². The Morgan fingerprint density at radius 2 is 2.00 bits per heavy atom. The molecule has 1 aromatic rings. The van der Waals surface area contributed by atoms with Crippen molar-refractivity contribution in [3.05, 3.63) is 29.3 Å². The number of rotatable bonds is 6. The fourth-order valence-corrected chi connectivity index (χ4v) is 3.48. The third-order valence-electron chi connectivity index (χ3n) is 4.79. The van der Waals surface area contributed by atoms with E-state index >= 15 is 0 Å². The van der Waals surface area contributed by atoms with Crippen LogP contribution in [0.25, 0.3) is 0 Å². The first-order valence-electron chi connectivity index (χ1n) is 8.66. The molecular formula is C19H31NO. The highest BCUT2D eigenvalue weighted by Crippen LogP contribution is 2.34. The summed E-state index contributed by atoms with van der Waals surface area (Å²) in [6, 6.07) is 6.97. The van der Waals surface area contributed by atoms with Gasteiger partial charge in [0.25, 0.3) is 0 Å². The maximum absolute atomic E-state index is 6.50. The van der Waals surface area contributed by atoms with E-state index in [4.69, 9.17) is 4.74 Å². The van der Waals surface area contributed by atoms with Crippen molar-refractivity contribution < 1.29 is 4.74 Å². The normalized spacial score (nSPS) is 23.8. The summed E-state index contributed by atoms with van der Waals surface area (Å²) in [6.45, 7) is 9.80. The molecule has 0 radical (unpaired) electrons. The lowest BCUT2D eigenvalue weighted by atomic mass is 9.84. The fraction of sp³-hybridized carbons (Fsp3) is 0.684. The van der Waals surface area contributed by atoms with Gasteiger partial charge < -0.3 is 10.1 Å². The number of hydrogen-bond acceptors (Lipinski definition) is 2. The number of nitrogens with one attached hydrogen (secondary N) is 1. The first-order valence-corrected chi connectivity index (χ1v) is 8.66. The van der Waals surface area contributed by atoms with E-state index < -0.39 is 0 Å². The van der Waals surface area contributed by atoms with Gasteiger partial charge in [-0.25, -0.2) is 0 Å². The molecule has 0 aliphatic heterocycles. The average Bonchev–Trinajstić information content (AvgIpc) is 2.48. The molecule has 21 heavy (non-hydrogen) atoms. The minimum absolute atomic E-state index is 0.342. The Morgan fingerprint density at radius 1 is 1.24 bits per heavy atom.